The lowest BCUT2D eigenvalue weighted by Crippen LogP contribution is -2.16. The van der Waals surface area contributed by atoms with Gasteiger partial charge in [-0.05, 0) is 42.3 Å². The van der Waals surface area contributed by atoms with E-state index in [2.05, 4.69) is 5.32 Å². The molecule has 0 radical (unpaired) electrons. The molecule has 3 nitrogen and oxygen atoms in total. The van der Waals surface area contributed by atoms with Gasteiger partial charge in [-0.15, -0.1) is 0 Å². The van der Waals surface area contributed by atoms with Crippen LogP contribution in [0.15, 0.2) is 42.5 Å². The largest absolute Gasteiger partial charge is 0.508 e. The van der Waals surface area contributed by atoms with Crippen molar-refractivity contribution in [3.05, 3.63) is 64.2 Å². The van der Waals surface area contributed by atoms with Crippen LogP contribution < -0.4 is 5.32 Å². The van der Waals surface area contributed by atoms with Gasteiger partial charge in [-0.2, -0.15) is 0 Å². The van der Waals surface area contributed by atoms with E-state index in [-0.39, 0.29) is 12.4 Å². The van der Waals surface area contributed by atoms with Gasteiger partial charge in [0.05, 0.1) is 6.61 Å². The van der Waals surface area contributed by atoms with Crippen molar-refractivity contribution in [1.82, 2.24) is 5.32 Å². The zero-order valence-electron chi connectivity index (χ0n) is 11.1. The Balaban J connectivity index is 1.79. The molecule has 0 heterocycles. The second-order valence-corrected chi connectivity index (χ2v) is 5.11. The van der Waals surface area contributed by atoms with E-state index in [4.69, 9.17) is 16.7 Å². The SMILES string of the molecule is OCc1ccc(CCNCc2cc(Cl)ccc2O)cc1. The van der Waals surface area contributed by atoms with Gasteiger partial charge in [-0.25, -0.2) is 0 Å². The highest BCUT2D eigenvalue weighted by Crippen LogP contribution is 2.21. The molecule has 0 amide bonds. The molecular weight excluding hydrogens is 274 g/mol. The van der Waals surface area contributed by atoms with Gasteiger partial charge < -0.3 is 15.5 Å². The van der Waals surface area contributed by atoms with Crippen LogP contribution >= 0.6 is 11.6 Å². The van der Waals surface area contributed by atoms with Crippen molar-refractivity contribution in [3.8, 4) is 5.75 Å². The van der Waals surface area contributed by atoms with Crippen LogP contribution in [-0.2, 0) is 19.6 Å². The highest BCUT2D eigenvalue weighted by Gasteiger charge is 2.01. The number of rotatable bonds is 6. The second-order valence-electron chi connectivity index (χ2n) is 4.67. The summed E-state index contributed by atoms with van der Waals surface area (Å²) in [5.41, 5.74) is 2.93. The van der Waals surface area contributed by atoms with Gasteiger partial charge in [0.15, 0.2) is 0 Å². The maximum atomic E-state index is 9.69. The van der Waals surface area contributed by atoms with E-state index in [1.165, 1.54) is 5.56 Å². The van der Waals surface area contributed by atoms with Crippen LogP contribution in [-0.4, -0.2) is 16.8 Å². The molecule has 0 saturated carbocycles. The first-order valence-corrected chi connectivity index (χ1v) is 6.93. The van der Waals surface area contributed by atoms with Crippen LogP contribution in [0.5, 0.6) is 5.75 Å². The summed E-state index contributed by atoms with van der Waals surface area (Å²) in [5, 5.41) is 22.6. The average Bonchev–Trinajstić information content (AvgIpc) is 2.47. The molecule has 2 rings (SSSR count). The smallest absolute Gasteiger partial charge is 0.120 e. The van der Waals surface area contributed by atoms with E-state index < -0.39 is 0 Å². The molecule has 0 bridgehead atoms. The molecule has 0 aromatic heterocycles. The maximum absolute atomic E-state index is 9.69. The minimum atomic E-state index is 0.0760. The number of phenols is 1. The fourth-order valence-electron chi connectivity index (χ4n) is 1.96. The lowest BCUT2D eigenvalue weighted by Gasteiger charge is -2.08. The van der Waals surface area contributed by atoms with E-state index in [9.17, 15) is 5.11 Å². The van der Waals surface area contributed by atoms with Crippen LogP contribution in [0.25, 0.3) is 0 Å². The molecule has 2 aromatic rings. The summed E-state index contributed by atoms with van der Waals surface area (Å²) < 4.78 is 0. The summed E-state index contributed by atoms with van der Waals surface area (Å²) in [6, 6.07) is 12.9. The standard InChI is InChI=1S/C16H18ClNO2/c17-15-5-6-16(20)14(9-15)10-18-8-7-12-1-3-13(11-19)4-2-12/h1-6,9,18-20H,7-8,10-11H2. The third kappa shape index (κ3) is 4.23. The fraction of sp³-hybridized carbons (Fsp3) is 0.250. The zero-order chi connectivity index (χ0) is 14.4. The number of hydrogen-bond acceptors (Lipinski definition) is 3. The minimum Gasteiger partial charge on any atom is -0.508 e. The second kappa shape index (κ2) is 7.29. The predicted octanol–water partition coefficient (Wildman–Crippen LogP) is 2.87. The first kappa shape index (κ1) is 14.9. The monoisotopic (exact) mass is 291 g/mol. The van der Waals surface area contributed by atoms with Crippen LogP contribution in [0.4, 0.5) is 0 Å². The normalized spacial score (nSPS) is 10.7. The Bertz CT molecular complexity index is 555. The first-order valence-electron chi connectivity index (χ1n) is 6.56. The Morgan fingerprint density at radius 2 is 1.70 bits per heavy atom. The van der Waals surface area contributed by atoms with E-state index in [0.717, 1.165) is 24.1 Å². The Kier molecular flexibility index (Phi) is 5.41. The van der Waals surface area contributed by atoms with Crippen LogP contribution in [0, 0.1) is 0 Å². The predicted molar refractivity (Wildman–Crippen MR) is 80.9 cm³/mol. The lowest BCUT2D eigenvalue weighted by molar-refractivity contribution is 0.282. The molecule has 0 aliphatic heterocycles. The molecule has 0 unspecified atom stereocenters. The highest BCUT2D eigenvalue weighted by molar-refractivity contribution is 6.30. The maximum Gasteiger partial charge on any atom is 0.120 e. The molecule has 106 valence electrons. The lowest BCUT2D eigenvalue weighted by atomic mass is 10.1. The van der Waals surface area contributed by atoms with Gasteiger partial charge in [-0.3, -0.25) is 0 Å². The first-order chi connectivity index (χ1) is 9.69. The molecule has 0 fully saturated rings. The van der Waals surface area contributed by atoms with Gasteiger partial charge in [0, 0.05) is 17.1 Å². The molecule has 0 aliphatic rings. The van der Waals surface area contributed by atoms with Crippen LogP contribution in [0.3, 0.4) is 0 Å². The van der Waals surface area contributed by atoms with Crippen molar-refractivity contribution in [2.75, 3.05) is 6.54 Å². The molecular formula is C16H18ClNO2. The van der Waals surface area contributed by atoms with Crippen molar-refractivity contribution < 1.29 is 10.2 Å². The summed E-state index contributed by atoms with van der Waals surface area (Å²) in [5.74, 6) is 0.259. The molecule has 0 saturated heterocycles. The topological polar surface area (TPSA) is 52.5 Å². The fourth-order valence-corrected chi connectivity index (χ4v) is 2.16. The molecule has 3 N–H and O–H groups in total. The summed E-state index contributed by atoms with van der Waals surface area (Å²) in [6.45, 7) is 1.47. The highest BCUT2D eigenvalue weighted by atomic mass is 35.5. The zero-order valence-corrected chi connectivity index (χ0v) is 11.9. The molecule has 2 aromatic carbocycles. The summed E-state index contributed by atoms with van der Waals surface area (Å²) in [6.07, 6.45) is 0.896. The third-order valence-corrected chi connectivity index (χ3v) is 3.39. The van der Waals surface area contributed by atoms with Crippen molar-refractivity contribution >= 4 is 11.6 Å². The number of aromatic hydroxyl groups is 1. The number of aliphatic hydroxyl groups is 1. The quantitative estimate of drug-likeness (QED) is 0.717. The summed E-state index contributed by atoms with van der Waals surface area (Å²) in [7, 11) is 0. The third-order valence-electron chi connectivity index (χ3n) is 3.15. The van der Waals surface area contributed by atoms with E-state index >= 15 is 0 Å². The van der Waals surface area contributed by atoms with Crippen molar-refractivity contribution in [2.24, 2.45) is 0 Å². The van der Waals surface area contributed by atoms with Gasteiger partial charge in [0.2, 0.25) is 0 Å². The van der Waals surface area contributed by atoms with Crippen molar-refractivity contribution in [3.63, 3.8) is 0 Å². The Labute approximate surface area is 123 Å². The average molecular weight is 292 g/mol. The van der Waals surface area contributed by atoms with E-state index in [0.29, 0.717) is 11.6 Å². The van der Waals surface area contributed by atoms with Gasteiger partial charge in [0.25, 0.3) is 0 Å². The molecule has 4 heteroatoms. The Morgan fingerprint density at radius 3 is 2.40 bits per heavy atom. The Hall–Kier alpha value is -1.55. The number of phenolic OH excluding ortho intramolecular Hbond substituents is 1. The number of nitrogens with one attached hydrogen (secondary N) is 1. The van der Waals surface area contributed by atoms with Gasteiger partial charge in [0.1, 0.15) is 5.75 Å². The molecule has 20 heavy (non-hydrogen) atoms. The van der Waals surface area contributed by atoms with Gasteiger partial charge >= 0.3 is 0 Å². The van der Waals surface area contributed by atoms with E-state index in [1.54, 1.807) is 18.2 Å². The molecule has 0 spiro atoms. The van der Waals surface area contributed by atoms with E-state index in [1.807, 2.05) is 24.3 Å². The number of hydrogen-bond donors (Lipinski definition) is 3. The molecule has 0 aliphatic carbocycles. The van der Waals surface area contributed by atoms with Crippen LogP contribution in [0.2, 0.25) is 5.02 Å². The van der Waals surface area contributed by atoms with Crippen molar-refractivity contribution in [2.45, 2.75) is 19.6 Å². The number of halogens is 1. The minimum absolute atomic E-state index is 0.0760. The number of benzene rings is 2. The number of aliphatic hydroxyl groups excluding tert-OH is 1. The van der Waals surface area contributed by atoms with Crippen LogP contribution in [0.1, 0.15) is 16.7 Å². The Morgan fingerprint density at radius 1 is 1.00 bits per heavy atom. The van der Waals surface area contributed by atoms with Gasteiger partial charge in [-0.1, -0.05) is 35.9 Å². The summed E-state index contributed by atoms with van der Waals surface area (Å²) >= 11 is 5.89. The van der Waals surface area contributed by atoms with Crippen molar-refractivity contribution in [1.29, 1.82) is 0 Å². The molecule has 0 atom stereocenters. The summed E-state index contributed by atoms with van der Waals surface area (Å²) in [4.78, 5) is 0.